The summed E-state index contributed by atoms with van der Waals surface area (Å²) in [6, 6.07) is 4.20. The summed E-state index contributed by atoms with van der Waals surface area (Å²) >= 11 is 4.33. The van der Waals surface area contributed by atoms with Gasteiger partial charge in [0.15, 0.2) is 5.13 Å². The van der Waals surface area contributed by atoms with Crippen LogP contribution in [0.15, 0.2) is 34.2 Å². The molecule has 0 fully saturated rings. The van der Waals surface area contributed by atoms with E-state index in [1.807, 2.05) is 0 Å². The monoisotopic (exact) mass is 300 g/mol. The lowest BCUT2D eigenvalue weighted by Crippen LogP contribution is -2.11. The van der Waals surface area contributed by atoms with Crippen LogP contribution in [0.4, 0.5) is 9.52 Å². The average molecular weight is 301 g/mol. The molecule has 0 bridgehead atoms. The number of hydrogen-bond acceptors (Lipinski definition) is 3. The number of amides is 1. The van der Waals surface area contributed by atoms with Crippen LogP contribution in [0.25, 0.3) is 0 Å². The van der Waals surface area contributed by atoms with E-state index in [-0.39, 0.29) is 11.5 Å². The largest absolute Gasteiger partial charge is 0.298 e. The van der Waals surface area contributed by atoms with Gasteiger partial charge in [0, 0.05) is 17.1 Å². The maximum absolute atomic E-state index is 13.2. The van der Waals surface area contributed by atoms with Crippen molar-refractivity contribution >= 4 is 38.3 Å². The normalized spacial score (nSPS) is 10.1. The zero-order valence-corrected chi connectivity index (χ0v) is 10.3. The molecule has 1 aromatic carbocycles. The van der Waals surface area contributed by atoms with E-state index in [0.29, 0.717) is 9.60 Å². The van der Waals surface area contributed by atoms with Crippen molar-refractivity contribution in [1.82, 2.24) is 4.98 Å². The van der Waals surface area contributed by atoms with Gasteiger partial charge in [0.1, 0.15) is 5.82 Å². The number of anilines is 1. The van der Waals surface area contributed by atoms with E-state index in [4.69, 9.17) is 0 Å². The number of halogens is 2. The zero-order chi connectivity index (χ0) is 11.5. The predicted molar refractivity (Wildman–Crippen MR) is 64.2 cm³/mol. The first-order valence-electron chi connectivity index (χ1n) is 4.33. The Morgan fingerprint density at radius 1 is 1.50 bits per heavy atom. The molecule has 0 aliphatic rings. The molecule has 1 heterocycles. The maximum Gasteiger partial charge on any atom is 0.257 e. The standard InChI is InChI=1S/C10H6BrFN2OS/c11-7-2-1-6(5-8(7)12)9(15)14-10-13-3-4-16-10/h1-5H,(H,13,14,15). The molecule has 16 heavy (non-hydrogen) atoms. The van der Waals surface area contributed by atoms with Gasteiger partial charge in [-0.05, 0) is 34.1 Å². The predicted octanol–water partition coefficient (Wildman–Crippen LogP) is 3.30. The van der Waals surface area contributed by atoms with Gasteiger partial charge in [-0.15, -0.1) is 11.3 Å². The molecule has 3 nitrogen and oxygen atoms in total. The van der Waals surface area contributed by atoms with Gasteiger partial charge >= 0.3 is 0 Å². The lowest BCUT2D eigenvalue weighted by molar-refractivity contribution is 0.102. The molecule has 0 saturated heterocycles. The van der Waals surface area contributed by atoms with E-state index in [1.165, 1.54) is 29.5 Å². The Hall–Kier alpha value is -1.27. The molecule has 2 rings (SSSR count). The highest BCUT2D eigenvalue weighted by molar-refractivity contribution is 9.10. The number of benzene rings is 1. The molecule has 1 N–H and O–H groups in total. The van der Waals surface area contributed by atoms with Crippen molar-refractivity contribution in [3.8, 4) is 0 Å². The van der Waals surface area contributed by atoms with Crippen molar-refractivity contribution in [3.63, 3.8) is 0 Å². The second-order valence-electron chi connectivity index (χ2n) is 2.92. The molecule has 0 aliphatic carbocycles. The van der Waals surface area contributed by atoms with Crippen molar-refractivity contribution in [1.29, 1.82) is 0 Å². The van der Waals surface area contributed by atoms with E-state index >= 15 is 0 Å². The molecule has 0 atom stereocenters. The molecule has 0 unspecified atom stereocenters. The first-order chi connectivity index (χ1) is 7.66. The summed E-state index contributed by atoms with van der Waals surface area (Å²) in [6.45, 7) is 0. The first-order valence-corrected chi connectivity index (χ1v) is 6.00. The van der Waals surface area contributed by atoms with Gasteiger partial charge < -0.3 is 0 Å². The fourth-order valence-electron chi connectivity index (χ4n) is 1.09. The minimum Gasteiger partial charge on any atom is -0.298 e. The van der Waals surface area contributed by atoms with Crippen LogP contribution >= 0.6 is 27.3 Å². The van der Waals surface area contributed by atoms with Crippen molar-refractivity contribution in [2.75, 3.05) is 5.32 Å². The smallest absolute Gasteiger partial charge is 0.257 e. The van der Waals surface area contributed by atoms with Gasteiger partial charge in [0.2, 0.25) is 0 Å². The van der Waals surface area contributed by atoms with Gasteiger partial charge in [-0.25, -0.2) is 9.37 Å². The van der Waals surface area contributed by atoms with E-state index in [9.17, 15) is 9.18 Å². The molecule has 2 aromatic rings. The van der Waals surface area contributed by atoms with E-state index in [0.717, 1.165) is 0 Å². The Labute approximate surface area is 103 Å². The highest BCUT2D eigenvalue weighted by atomic mass is 79.9. The Morgan fingerprint density at radius 2 is 2.31 bits per heavy atom. The Morgan fingerprint density at radius 3 is 2.94 bits per heavy atom. The van der Waals surface area contributed by atoms with E-state index in [1.54, 1.807) is 11.6 Å². The van der Waals surface area contributed by atoms with Crippen LogP contribution < -0.4 is 5.32 Å². The summed E-state index contributed by atoms with van der Waals surface area (Å²) in [7, 11) is 0. The minimum absolute atomic E-state index is 0.260. The van der Waals surface area contributed by atoms with Crippen LogP contribution in [0.1, 0.15) is 10.4 Å². The van der Waals surface area contributed by atoms with Crippen LogP contribution in [0.2, 0.25) is 0 Å². The number of hydrogen-bond donors (Lipinski definition) is 1. The zero-order valence-electron chi connectivity index (χ0n) is 7.91. The Kier molecular flexibility index (Phi) is 3.31. The lowest BCUT2D eigenvalue weighted by Gasteiger charge is -2.02. The molecule has 82 valence electrons. The fraction of sp³-hybridized carbons (Fsp3) is 0. The summed E-state index contributed by atoms with van der Waals surface area (Å²) in [4.78, 5) is 15.6. The Balaban J connectivity index is 2.18. The van der Waals surface area contributed by atoms with Crippen LogP contribution in [0.3, 0.4) is 0 Å². The van der Waals surface area contributed by atoms with Crippen LogP contribution in [-0.2, 0) is 0 Å². The number of nitrogens with zero attached hydrogens (tertiary/aromatic N) is 1. The summed E-state index contributed by atoms with van der Waals surface area (Å²) in [6.07, 6.45) is 1.59. The molecule has 0 saturated carbocycles. The van der Waals surface area contributed by atoms with Gasteiger partial charge in [-0.2, -0.15) is 0 Å². The van der Waals surface area contributed by atoms with Crippen molar-refractivity contribution in [2.45, 2.75) is 0 Å². The molecule has 1 amide bonds. The summed E-state index contributed by atoms with van der Waals surface area (Å²) in [5, 5.41) is 4.81. The van der Waals surface area contributed by atoms with Crippen molar-refractivity contribution in [2.24, 2.45) is 0 Å². The Bertz CT molecular complexity index is 516. The fourth-order valence-corrected chi connectivity index (χ4v) is 1.86. The lowest BCUT2D eigenvalue weighted by atomic mass is 10.2. The van der Waals surface area contributed by atoms with Crippen molar-refractivity contribution in [3.05, 3.63) is 45.6 Å². The highest BCUT2D eigenvalue weighted by Crippen LogP contribution is 2.18. The number of aromatic nitrogens is 1. The number of carbonyl (C=O) groups excluding carboxylic acids is 1. The number of nitrogens with one attached hydrogen (secondary N) is 1. The van der Waals surface area contributed by atoms with E-state index < -0.39 is 5.82 Å². The van der Waals surface area contributed by atoms with Gasteiger partial charge in [-0.1, -0.05) is 0 Å². The molecule has 1 aromatic heterocycles. The highest BCUT2D eigenvalue weighted by Gasteiger charge is 2.09. The molecular formula is C10H6BrFN2OS. The molecule has 0 aliphatic heterocycles. The second kappa shape index (κ2) is 4.71. The summed E-state index contributed by atoms with van der Waals surface area (Å²) < 4.78 is 13.5. The topological polar surface area (TPSA) is 42.0 Å². The number of thiazole rings is 1. The SMILES string of the molecule is O=C(Nc1nccs1)c1ccc(Br)c(F)c1. The number of rotatable bonds is 2. The van der Waals surface area contributed by atoms with Crippen LogP contribution in [0.5, 0.6) is 0 Å². The molecule has 0 radical (unpaired) electrons. The van der Waals surface area contributed by atoms with E-state index in [2.05, 4.69) is 26.2 Å². The molecular weight excluding hydrogens is 295 g/mol. The quantitative estimate of drug-likeness (QED) is 0.924. The third-order valence-electron chi connectivity index (χ3n) is 1.83. The van der Waals surface area contributed by atoms with Crippen LogP contribution in [0, 0.1) is 5.82 Å². The second-order valence-corrected chi connectivity index (χ2v) is 4.67. The summed E-state index contributed by atoms with van der Waals surface area (Å²) in [5.74, 6) is -0.840. The molecule has 6 heteroatoms. The number of carbonyl (C=O) groups is 1. The average Bonchev–Trinajstić information content (AvgIpc) is 2.74. The third-order valence-corrected chi connectivity index (χ3v) is 3.17. The maximum atomic E-state index is 13.2. The van der Waals surface area contributed by atoms with Gasteiger partial charge in [0.25, 0.3) is 5.91 Å². The third kappa shape index (κ3) is 2.45. The first kappa shape index (κ1) is 11.2. The van der Waals surface area contributed by atoms with Gasteiger partial charge in [0.05, 0.1) is 4.47 Å². The molecule has 0 spiro atoms. The minimum atomic E-state index is -0.466. The summed E-state index contributed by atoms with van der Waals surface area (Å²) in [5.41, 5.74) is 0.260. The van der Waals surface area contributed by atoms with Crippen molar-refractivity contribution < 1.29 is 9.18 Å². The van der Waals surface area contributed by atoms with Gasteiger partial charge in [-0.3, -0.25) is 10.1 Å². The van der Waals surface area contributed by atoms with Crippen LogP contribution in [-0.4, -0.2) is 10.9 Å².